The first-order valence-corrected chi connectivity index (χ1v) is 9.64. The van der Waals surface area contributed by atoms with Crippen LogP contribution in [0.3, 0.4) is 0 Å². The average Bonchev–Trinajstić information content (AvgIpc) is 2.76. The van der Waals surface area contributed by atoms with E-state index in [9.17, 15) is 30.8 Å². The Morgan fingerprint density at radius 3 is 2.40 bits per heavy atom. The standard InChI is InChI=1S/C22H25NO7/c1-2-29-17-7-3-13(4-8-17)9-15-10-16(6-5-14(15)11-23)22(28)21(27)20(26)19(25)18(12-24)30-22/h3-8,10,18-21,24-28H,2,9,12H2,1H3/t18-,19-,20+,21-,22+/m1/s1. The molecule has 0 spiro atoms. The van der Waals surface area contributed by atoms with Crippen LogP contribution in [0.2, 0.25) is 0 Å². The zero-order chi connectivity index (χ0) is 21.9. The van der Waals surface area contributed by atoms with Crippen molar-refractivity contribution in [3.8, 4) is 11.8 Å². The maximum Gasteiger partial charge on any atom is 0.222 e. The van der Waals surface area contributed by atoms with Gasteiger partial charge in [-0.3, -0.25) is 0 Å². The van der Waals surface area contributed by atoms with Gasteiger partial charge in [-0.2, -0.15) is 5.26 Å². The second kappa shape index (κ2) is 9.10. The third-order valence-electron chi connectivity index (χ3n) is 5.23. The fourth-order valence-electron chi connectivity index (χ4n) is 3.55. The molecule has 0 unspecified atom stereocenters. The number of aliphatic hydroxyl groups excluding tert-OH is 4. The van der Waals surface area contributed by atoms with Gasteiger partial charge in [-0.05, 0) is 48.7 Å². The largest absolute Gasteiger partial charge is 0.494 e. The summed E-state index contributed by atoms with van der Waals surface area (Å²) in [5.74, 6) is -1.64. The van der Waals surface area contributed by atoms with Gasteiger partial charge in [-0.1, -0.05) is 18.2 Å². The molecule has 5 N–H and O–H groups in total. The minimum Gasteiger partial charge on any atom is -0.494 e. The Morgan fingerprint density at radius 1 is 1.10 bits per heavy atom. The van der Waals surface area contributed by atoms with Gasteiger partial charge in [0.1, 0.15) is 30.2 Å². The molecular weight excluding hydrogens is 390 g/mol. The summed E-state index contributed by atoms with van der Waals surface area (Å²) in [7, 11) is 0. The predicted molar refractivity (Wildman–Crippen MR) is 105 cm³/mol. The summed E-state index contributed by atoms with van der Waals surface area (Å²) in [4.78, 5) is 0. The van der Waals surface area contributed by atoms with E-state index in [-0.39, 0.29) is 5.56 Å². The molecule has 1 aliphatic rings. The highest BCUT2D eigenvalue weighted by Gasteiger charge is 2.53. The molecule has 5 atom stereocenters. The summed E-state index contributed by atoms with van der Waals surface area (Å²) in [6.45, 7) is 1.78. The van der Waals surface area contributed by atoms with Crippen molar-refractivity contribution in [1.29, 1.82) is 5.26 Å². The maximum atomic E-state index is 11.0. The van der Waals surface area contributed by atoms with Crippen molar-refractivity contribution in [2.24, 2.45) is 0 Å². The first-order valence-electron chi connectivity index (χ1n) is 9.64. The highest BCUT2D eigenvalue weighted by molar-refractivity contribution is 5.45. The van der Waals surface area contributed by atoms with Crippen molar-refractivity contribution >= 4 is 0 Å². The first-order chi connectivity index (χ1) is 14.3. The van der Waals surface area contributed by atoms with Crippen LogP contribution in [-0.2, 0) is 16.9 Å². The fraction of sp³-hybridized carbons (Fsp3) is 0.409. The van der Waals surface area contributed by atoms with E-state index >= 15 is 0 Å². The topological polar surface area (TPSA) is 143 Å². The molecule has 0 aliphatic carbocycles. The van der Waals surface area contributed by atoms with E-state index in [1.165, 1.54) is 18.2 Å². The van der Waals surface area contributed by atoms with Crippen molar-refractivity contribution in [3.63, 3.8) is 0 Å². The van der Waals surface area contributed by atoms with Gasteiger partial charge in [0.2, 0.25) is 5.79 Å². The van der Waals surface area contributed by atoms with E-state index in [4.69, 9.17) is 9.47 Å². The van der Waals surface area contributed by atoms with Gasteiger partial charge in [0.25, 0.3) is 0 Å². The van der Waals surface area contributed by atoms with Crippen LogP contribution in [0.5, 0.6) is 5.75 Å². The second-order valence-corrected chi connectivity index (χ2v) is 7.20. The summed E-state index contributed by atoms with van der Waals surface area (Å²) in [5.41, 5.74) is 1.94. The lowest BCUT2D eigenvalue weighted by Crippen LogP contribution is -2.63. The van der Waals surface area contributed by atoms with Crippen molar-refractivity contribution < 1.29 is 35.0 Å². The molecule has 160 valence electrons. The van der Waals surface area contributed by atoms with Gasteiger partial charge in [-0.25, -0.2) is 0 Å². The second-order valence-electron chi connectivity index (χ2n) is 7.20. The van der Waals surface area contributed by atoms with E-state index in [1.54, 1.807) is 0 Å². The number of hydrogen-bond acceptors (Lipinski definition) is 8. The van der Waals surface area contributed by atoms with E-state index in [2.05, 4.69) is 6.07 Å². The lowest BCUT2D eigenvalue weighted by Gasteiger charge is -2.45. The number of aliphatic hydroxyl groups is 5. The summed E-state index contributed by atoms with van der Waals surface area (Å²) < 4.78 is 10.8. The van der Waals surface area contributed by atoms with Crippen LogP contribution in [0, 0.1) is 11.3 Å². The van der Waals surface area contributed by atoms with Crippen LogP contribution < -0.4 is 4.74 Å². The minimum atomic E-state index is -2.37. The highest BCUT2D eigenvalue weighted by atomic mass is 16.7. The van der Waals surface area contributed by atoms with Crippen molar-refractivity contribution in [2.45, 2.75) is 43.5 Å². The van der Waals surface area contributed by atoms with Crippen LogP contribution >= 0.6 is 0 Å². The molecule has 8 nitrogen and oxygen atoms in total. The molecule has 1 heterocycles. The normalized spacial score (nSPS) is 28.7. The number of ether oxygens (including phenoxy) is 2. The lowest BCUT2D eigenvalue weighted by molar-refractivity contribution is -0.357. The number of benzene rings is 2. The monoisotopic (exact) mass is 415 g/mol. The molecule has 0 amide bonds. The molecule has 1 fully saturated rings. The summed E-state index contributed by atoms with van der Waals surface area (Å²) in [6, 6.07) is 13.9. The van der Waals surface area contributed by atoms with Crippen LogP contribution in [0.1, 0.15) is 29.2 Å². The molecule has 2 aromatic rings. The highest BCUT2D eigenvalue weighted by Crippen LogP contribution is 2.37. The number of nitriles is 1. The van der Waals surface area contributed by atoms with Crippen molar-refractivity contribution in [3.05, 3.63) is 64.7 Å². The smallest absolute Gasteiger partial charge is 0.222 e. The molecule has 1 saturated heterocycles. The van der Waals surface area contributed by atoms with Gasteiger partial charge in [0.15, 0.2) is 0 Å². The molecule has 8 heteroatoms. The maximum absolute atomic E-state index is 11.0. The van der Waals surface area contributed by atoms with Gasteiger partial charge >= 0.3 is 0 Å². The summed E-state index contributed by atoms with van der Waals surface area (Å²) >= 11 is 0. The Balaban J connectivity index is 1.94. The molecule has 0 saturated carbocycles. The van der Waals surface area contributed by atoms with Gasteiger partial charge < -0.3 is 35.0 Å². The van der Waals surface area contributed by atoms with Crippen molar-refractivity contribution in [2.75, 3.05) is 13.2 Å². The number of nitrogens with zero attached hydrogens (tertiary/aromatic N) is 1. The Bertz CT molecular complexity index is 909. The van der Waals surface area contributed by atoms with Crippen molar-refractivity contribution in [1.82, 2.24) is 0 Å². The van der Waals surface area contributed by atoms with E-state index < -0.39 is 36.8 Å². The van der Waals surface area contributed by atoms with Crippen LogP contribution in [0.4, 0.5) is 0 Å². The summed E-state index contributed by atoms with van der Waals surface area (Å²) in [6.07, 6.45) is -6.08. The number of rotatable bonds is 6. The minimum absolute atomic E-state index is 0.0966. The average molecular weight is 415 g/mol. The Labute approximate surface area is 174 Å². The third kappa shape index (κ3) is 4.18. The Morgan fingerprint density at radius 2 is 1.80 bits per heavy atom. The predicted octanol–water partition coefficient (Wildman–Crippen LogP) is 0.167. The van der Waals surface area contributed by atoms with E-state index in [0.29, 0.717) is 24.2 Å². The Kier molecular flexibility index (Phi) is 6.73. The lowest BCUT2D eigenvalue weighted by atomic mass is 9.86. The molecule has 2 aromatic carbocycles. The van der Waals surface area contributed by atoms with Crippen LogP contribution in [-0.4, -0.2) is 63.2 Å². The zero-order valence-electron chi connectivity index (χ0n) is 16.5. The molecule has 1 aliphatic heterocycles. The quantitative estimate of drug-likeness (QED) is 0.449. The third-order valence-corrected chi connectivity index (χ3v) is 5.23. The number of hydrogen-bond donors (Lipinski definition) is 5. The van der Waals surface area contributed by atoms with Crippen LogP contribution in [0.15, 0.2) is 42.5 Å². The SMILES string of the molecule is CCOc1ccc(Cc2cc([C@]3(O)O[C@H](CO)[C@@H](O)[C@H](O)[C@H]3O)ccc2C#N)cc1. The molecule has 0 radical (unpaired) electrons. The zero-order valence-corrected chi connectivity index (χ0v) is 16.5. The molecule has 0 bridgehead atoms. The fourth-order valence-corrected chi connectivity index (χ4v) is 3.55. The van der Waals surface area contributed by atoms with Gasteiger partial charge in [-0.15, -0.1) is 0 Å². The summed E-state index contributed by atoms with van der Waals surface area (Å²) in [5, 5.41) is 60.3. The van der Waals surface area contributed by atoms with Gasteiger partial charge in [0, 0.05) is 5.56 Å². The molecular formula is C22H25NO7. The van der Waals surface area contributed by atoms with E-state index in [0.717, 1.165) is 11.3 Å². The van der Waals surface area contributed by atoms with Crippen LogP contribution in [0.25, 0.3) is 0 Å². The molecule has 3 rings (SSSR count). The molecule has 30 heavy (non-hydrogen) atoms. The first kappa shape index (κ1) is 22.2. The Hall–Kier alpha value is -2.51. The van der Waals surface area contributed by atoms with E-state index in [1.807, 2.05) is 31.2 Å². The van der Waals surface area contributed by atoms with Gasteiger partial charge in [0.05, 0.1) is 24.8 Å². The molecule has 0 aromatic heterocycles.